The number of hydrogen-bond acceptors (Lipinski definition) is 6. The first kappa shape index (κ1) is 24.6. The number of nitrogens with zero attached hydrogens (tertiary/aromatic N) is 1. The fourth-order valence-corrected chi connectivity index (χ4v) is 6.38. The number of methoxy groups -OCH3 is 2. The summed E-state index contributed by atoms with van der Waals surface area (Å²) >= 11 is 3.13. The van der Waals surface area contributed by atoms with Crippen molar-refractivity contribution in [1.29, 1.82) is 0 Å². The molecule has 3 aromatic rings. The van der Waals surface area contributed by atoms with E-state index in [1.807, 2.05) is 13.0 Å². The highest BCUT2D eigenvalue weighted by molar-refractivity contribution is 7.98. The molecule has 1 aliphatic carbocycles. The Kier molecular flexibility index (Phi) is 7.23. The molecule has 1 aromatic heterocycles. The summed E-state index contributed by atoms with van der Waals surface area (Å²) in [4.78, 5) is 18.4. The van der Waals surface area contributed by atoms with Crippen LogP contribution in [0.1, 0.15) is 46.0 Å². The quantitative estimate of drug-likeness (QED) is 0.254. The first-order valence-electron chi connectivity index (χ1n) is 10.7. The Morgan fingerprint density at radius 2 is 1.94 bits per heavy atom. The highest BCUT2D eigenvalue weighted by Gasteiger charge is 2.30. The van der Waals surface area contributed by atoms with Crippen molar-refractivity contribution in [3.05, 3.63) is 63.7 Å². The van der Waals surface area contributed by atoms with E-state index in [9.17, 15) is 18.0 Å². The topological polar surface area (TPSA) is 48.4 Å². The van der Waals surface area contributed by atoms with Crippen LogP contribution in [0.5, 0.6) is 5.75 Å². The van der Waals surface area contributed by atoms with Gasteiger partial charge in [-0.2, -0.15) is 13.2 Å². The van der Waals surface area contributed by atoms with Crippen molar-refractivity contribution in [3.8, 4) is 16.3 Å². The SMILES string of the molecule is COC(=O)CC1CCc2cc(SCc3sc(-c4ccc(C(F)(F)F)cc4)nc3C)c(OC)cc21. The lowest BCUT2D eigenvalue weighted by molar-refractivity contribution is -0.141. The number of thioether (sulfide) groups is 1. The highest BCUT2D eigenvalue weighted by Crippen LogP contribution is 2.43. The lowest BCUT2D eigenvalue weighted by Crippen LogP contribution is -2.06. The molecule has 34 heavy (non-hydrogen) atoms. The van der Waals surface area contributed by atoms with Gasteiger partial charge in [0.25, 0.3) is 0 Å². The summed E-state index contributed by atoms with van der Waals surface area (Å²) in [5, 5.41) is 0.702. The molecule has 1 heterocycles. The number of rotatable bonds is 7. The Bertz CT molecular complexity index is 1190. The number of carbonyl (C=O) groups excluding carboxylic acids is 1. The van der Waals surface area contributed by atoms with Crippen LogP contribution in [0.25, 0.3) is 10.6 Å². The summed E-state index contributed by atoms with van der Waals surface area (Å²) in [5.41, 5.74) is 3.24. The fourth-order valence-electron chi connectivity index (χ4n) is 4.10. The molecule has 2 aromatic carbocycles. The van der Waals surface area contributed by atoms with E-state index in [1.165, 1.54) is 36.1 Å². The molecule has 0 saturated carbocycles. The summed E-state index contributed by atoms with van der Waals surface area (Å²) < 4.78 is 49.0. The molecule has 9 heteroatoms. The second kappa shape index (κ2) is 10.00. The summed E-state index contributed by atoms with van der Waals surface area (Å²) in [7, 11) is 3.04. The smallest absolute Gasteiger partial charge is 0.416 e. The van der Waals surface area contributed by atoms with Gasteiger partial charge in [-0.25, -0.2) is 4.98 Å². The third-order valence-electron chi connectivity index (χ3n) is 5.98. The molecule has 1 atom stereocenters. The Hall–Kier alpha value is -2.52. The minimum atomic E-state index is -4.35. The fraction of sp³-hybridized carbons (Fsp3) is 0.360. The zero-order chi connectivity index (χ0) is 24.5. The van der Waals surface area contributed by atoms with Gasteiger partial charge in [0.1, 0.15) is 10.8 Å². The number of esters is 1. The van der Waals surface area contributed by atoms with Crippen molar-refractivity contribution in [2.75, 3.05) is 14.2 Å². The van der Waals surface area contributed by atoms with Gasteiger partial charge in [0.2, 0.25) is 0 Å². The van der Waals surface area contributed by atoms with Gasteiger partial charge in [-0.15, -0.1) is 23.1 Å². The molecule has 4 rings (SSSR count). The first-order valence-corrected chi connectivity index (χ1v) is 12.5. The van der Waals surface area contributed by atoms with Crippen LogP contribution in [0.2, 0.25) is 0 Å². The number of alkyl halides is 3. The maximum Gasteiger partial charge on any atom is 0.416 e. The number of ether oxygens (including phenoxy) is 2. The molecule has 0 bridgehead atoms. The number of fused-ring (bicyclic) bond motifs is 1. The molecule has 180 valence electrons. The van der Waals surface area contributed by atoms with E-state index in [0.29, 0.717) is 22.7 Å². The molecular formula is C25H24F3NO3S2. The van der Waals surface area contributed by atoms with E-state index < -0.39 is 11.7 Å². The Morgan fingerprint density at radius 3 is 2.59 bits per heavy atom. The molecule has 0 aliphatic heterocycles. The van der Waals surface area contributed by atoms with Gasteiger partial charge < -0.3 is 9.47 Å². The van der Waals surface area contributed by atoms with E-state index in [4.69, 9.17) is 9.47 Å². The van der Waals surface area contributed by atoms with E-state index in [0.717, 1.165) is 51.8 Å². The van der Waals surface area contributed by atoms with Crippen molar-refractivity contribution >= 4 is 29.1 Å². The number of aryl methyl sites for hydroxylation is 2. The standard InChI is InChI=1S/C25H24F3NO3S2/c1-14-22(34-24(29-14)15-6-8-18(9-7-15)25(26,27)28)13-33-21-10-16-4-5-17(11-23(30)32-3)19(16)12-20(21)31-2/h6-10,12,17H,4-5,11,13H2,1-3H3. The molecule has 0 N–H and O–H groups in total. The third kappa shape index (κ3) is 5.25. The lowest BCUT2D eigenvalue weighted by Gasteiger charge is -2.14. The van der Waals surface area contributed by atoms with Gasteiger partial charge >= 0.3 is 12.1 Å². The largest absolute Gasteiger partial charge is 0.496 e. The van der Waals surface area contributed by atoms with E-state index >= 15 is 0 Å². The average Bonchev–Trinajstić information content (AvgIpc) is 3.38. The molecule has 1 unspecified atom stereocenters. The minimum Gasteiger partial charge on any atom is -0.496 e. The Labute approximate surface area is 204 Å². The normalized spacial score (nSPS) is 15.3. The predicted octanol–water partition coefficient (Wildman–Crippen LogP) is 7.03. The molecule has 4 nitrogen and oxygen atoms in total. The highest BCUT2D eigenvalue weighted by atomic mass is 32.2. The predicted molar refractivity (Wildman–Crippen MR) is 128 cm³/mol. The van der Waals surface area contributed by atoms with Crippen molar-refractivity contribution < 1.29 is 27.4 Å². The van der Waals surface area contributed by atoms with Crippen LogP contribution in [0.3, 0.4) is 0 Å². The third-order valence-corrected chi connectivity index (χ3v) is 8.43. The Morgan fingerprint density at radius 1 is 1.21 bits per heavy atom. The molecule has 0 radical (unpaired) electrons. The first-order chi connectivity index (χ1) is 16.2. The van der Waals surface area contributed by atoms with Gasteiger partial charge in [-0.05, 0) is 61.1 Å². The number of thiazole rings is 1. The summed E-state index contributed by atoms with van der Waals surface area (Å²) in [6.45, 7) is 1.91. The Balaban J connectivity index is 1.50. The zero-order valence-electron chi connectivity index (χ0n) is 19.0. The van der Waals surface area contributed by atoms with Gasteiger partial charge in [-0.3, -0.25) is 4.79 Å². The number of halogens is 3. The van der Waals surface area contributed by atoms with Crippen molar-refractivity contribution in [1.82, 2.24) is 4.98 Å². The maximum absolute atomic E-state index is 12.8. The summed E-state index contributed by atoms with van der Waals surface area (Å²) in [6.07, 6.45) is -2.17. The second-order valence-electron chi connectivity index (χ2n) is 8.11. The summed E-state index contributed by atoms with van der Waals surface area (Å²) in [6, 6.07) is 9.28. The van der Waals surface area contributed by atoms with E-state index in [-0.39, 0.29) is 11.9 Å². The van der Waals surface area contributed by atoms with Crippen molar-refractivity contribution in [2.24, 2.45) is 0 Å². The van der Waals surface area contributed by atoms with Gasteiger partial charge in [0.05, 0.1) is 31.9 Å². The number of aromatic nitrogens is 1. The van der Waals surface area contributed by atoms with Crippen molar-refractivity contribution in [3.63, 3.8) is 0 Å². The number of benzene rings is 2. The van der Waals surface area contributed by atoms with Crippen molar-refractivity contribution in [2.45, 2.75) is 48.9 Å². The average molecular weight is 508 g/mol. The molecule has 0 spiro atoms. The van der Waals surface area contributed by atoms with Crippen LogP contribution in [0.4, 0.5) is 13.2 Å². The molecule has 0 fully saturated rings. The van der Waals surface area contributed by atoms with Crippen LogP contribution >= 0.6 is 23.1 Å². The molecule has 0 amide bonds. The van der Waals surface area contributed by atoms with Crippen LogP contribution in [0.15, 0.2) is 41.3 Å². The van der Waals surface area contributed by atoms with E-state index in [1.54, 1.807) is 18.9 Å². The van der Waals surface area contributed by atoms with Gasteiger partial charge in [-0.1, -0.05) is 12.1 Å². The minimum absolute atomic E-state index is 0.144. The number of carbonyl (C=O) groups is 1. The van der Waals surface area contributed by atoms with Crippen LogP contribution in [-0.2, 0) is 27.9 Å². The molecule has 0 saturated heterocycles. The molecular weight excluding hydrogens is 483 g/mol. The van der Waals surface area contributed by atoms with Gasteiger partial charge in [0.15, 0.2) is 0 Å². The van der Waals surface area contributed by atoms with Crippen LogP contribution in [-0.4, -0.2) is 25.2 Å². The molecule has 1 aliphatic rings. The zero-order valence-corrected chi connectivity index (χ0v) is 20.6. The maximum atomic E-state index is 12.8. The second-order valence-corrected chi connectivity index (χ2v) is 10.2. The van der Waals surface area contributed by atoms with E-state index in [2.05, 4.69) is 11.1 Å². The van der Waals surface area contributed by atoms with Gasteiger partial charge in [0, 0.05) is 21.1 Å². The summed E-state index contributed by atoms with van der Waals surface area (Å²) in [5.74, 6) is 1.38. The van der Waals surface area contributed by atoms with Crippen LogP contribution < -0.4 is 4.74 Å². The van der Waals surface area contributed by atoms with Crippen LogP contribution in [0, 0.1) is 6.92 Å². The number of hydrogen-bond donors (Lipinski definition) is 0. The lowest BCUT2D eigenvalue weighted by atomic mass is 9.98. The monoisotopic (exact) mass is 507 g/mol.